The number of nitrogens with one attached hydrogen (secondary N) is 1. The Morgan fingerprint density at radius 3 is 2.68 bits per heavy atom. The van der Waals surface area contributed by atoms with Crippen LogP contribution in [0.1, 0.15) is 43.8 Å². The SMILES string of the molecule is Cc1nc(CN(C)C(=O)NCC(C)(C)N2CCCCC2)cs1. The van der Waals surface area contributed by atoms with Crippen LogP contribution in [-0.2, 0) is 6.54 Å². The van der Waals surface area contributed by atoms with Crippen molar-refractivity contribution in [1.82, 2.24) is 20.1 Å². The Kier molecular flexibility index (Phi) is 5.81. The molecule has 2 heterocycles. The van der Waals surface area contributed by atoms with E-state index in [0.717, 1.165) is 23.8 Å². The highest BCUT2D eigenvalue weighted by molar-refractivity contribution is 7.09. The van der Waals surface area contributed by atoms with Crippen LogP contribution < -0.4 is 5.32 Å². The summed E-state index contributed by atoms with van der Waals surface area (Å²) >= 11 is 1.62. The molecule has 2 amide bonds. The molecule has 1 N–H and O–H groups in total. The van der Waals surface area contributed by atoms with Crippen LogP contribution in [0.15, 0.2) is 5.38 Å². The summed E-state index contributed by atoms with van der Waals surface area (Å²) < 4.78 is 0. The lowest BCUT2D eigenvalue weighted by atomic mass is 9.98. The van der Waals surface area contributed by atoms with Crippen molar-refractivity contribution in [2.45, 2.75) is 52.1 Å². The van der Waals surface area contributed by atoms with Crippen LogP contribution in [0, 0.1) is 6.92 Å². The maximum Gasteiger partial charge on any atom is 0.317 e. The summed E-state index contributed by atoms with van der Waals surface area (Å²) in [6, 6.07) is -0.0317. The number of urea groups is 1. The Balaban J connectivity index is 1.80. The molecule has 0 aliphatic carbocycles. The molecule has 0 saturated carbocycles. The number of carbonyl (C=O) groups excluding carboxylic acids is 1. The standard InChI is InChI=1S/C16H28N4OS/c1-13-18-14(11-22-13)10-19(4)15(21)17-12-16(2,3)20-8-6-5-7-9-20/h11H,5-10,12H2,1-4H3,(H,17,21). The van der Waals surface area contributed by atoms with E-state index in [4.69, 9.17) is 0 Å². The molecule has 22 heavy (non-hydrogen) atoms. The third kappa shape index (κ3) is 4.68. The minimum absolute atomic E-state index is 0.00807. The van der Waals surface area contributed by atoms with E-state index in [-0.39, 0.29) is 11.6 Å². The highest BCUT2D eigenvalue weighted by Gasteiger charge is 2.28. The van der Waals surface area contributed by atoms with Crippen molar-refractivity contribution in [1.29, 1.82) is 0 Å². The molecule has 0 radical (unpaired) electrons. The van der Waals surface area contributed by atoms with Crippen molar-refractivity contribution in [3.8, 4) is 0 Å². The summed E-state index contributed by atoms with van der Waals surface area (Å²) in [7, 11) is 1.82. The minimum Gasteiger partial charge on any atom is -0.336 e. The second-order valence-electron chi connectivity index (χ2n) is 6.73. The van der Waals surface area contributed by atoms with Crippen LogP contribution in [0.3, 0.4) is 0 Å². The zero-order chi connectivity index (χ0) is 16.2. The Morgan fingerprint density at radius 2 is 2.09 bits per heavy atom. The van der Waals surface area contributed by atoms with E-state index in [1.807, 2.05) is 19.4 Å². The van der Waals surface area contributed by atoms with Gasteiger partial charge >= 0.3 is 6.03 Å². The van der Waals surface area contributed by atoms with Crippen LogP contribution in [0.25, 0.3) is 0 Å². The summed E-state index contributed by atoms with van der Waals surface area (Å²) in [6.07, 6.45) is 3.86. The highest BCUT2D eigenvalue weighted by Crippen LogP contribution is 2.20. The van der Waals surface area contributed by atoms with E-state index in [1.54, 1.807) is 16.2 Å². The maximum absolute atomic E-state index is 12.3. The van der Waals surface area contributed by atoms with E-state index in [1.165, 1.54) is 19.3 Å². The van der Waals surface area contributed by atoms with Crippen molar-refractivity contribution in [2.75, 3.05) is 26.7 Å². The first-order valence-electron chi connectivity index (χ1n) is 8.03. The highest BCUT2D eigenvalue weighted by atomic mass is 32.1. The van der Waals surface area contributed by atoms with Crippen LogP contribution in [0.2, 0.25) is 0 Å². The van der Waals surface area contributed by atoms with Crippen molar-refractivity contribution >= 4 is 17.4 Å². The zero-order valence-electron chi connectivity index (χ0n) is 14.2. The number of amides is 2. The molecule has 0 spiro atoms. The molecule has 5 nitrogen and oxygen atoms in total. The van der Waals surface area contributed by atoms with Gasteiger partial charge in [0.05, 0.1) is 17.2 Å². The number of hydrogen-bond acceptors (Lipinski definition) is 4. The van der Waals surface area contributed by atoms with Crippen LogP contribution in [0.5, 0.6) is 0 Å². The number of nitrogens with zero attached hydrogens (tertiary/aromatic N) is 3. The fraction of sp³-hybridized carbons (Fsp3) is 0.750. The molecule has 1 aliphatic rings. The number of aromatic nitrogens is 1. The maximum atomic E-state index is 12.3. The molecule has 0 aromatic carbocycles. The largest absolute Gasteiger partial charge is 0.336 e. The van der Waals surface area contributed by atoms with Gasteiger partial charge in [0.15, 0.2) is 0 Å². The molecule has 1 fully saturated rings. The quantitative estimate of drug-likeness (QED) is 0.906. The topological polar surface area (TPSA) is 48.5 Å². The van der Waals surface area contributed by atoms with E-state index in [0.29, 0.717) is 13.1 Å². The minimum atomic E-state index is -0.0317. The molecular formula is C16H28N4OS. The molecule has 1 aromatic heterocycles. The van der Waals surface area contributed by atoms with Crippen molar-refractivity contribution in [3.05, 3.63) is 16.1 Å². The summed E-state index contributed by atoms with van der Waals surface area (Å²) in [4.78, 5) is 20.8. The lowest BCUT2D eigenvalue weighted by Crippen LogP contribution is -2.54. The van der Waals surface area contributed by atoms with Crippen LogP contribution in [-0.4, -0.2) is 53.0 Å². The van der Waals surface area contributed by atoms with Gasteiger partial charge in [-0.15, -0.1) is 11.3 Å². The number of piperidine rings is 1. The van der Waals surface area contributed by atoms with E-state index < -0.39 is 0 Å². The number of rotatable bonds is 5. The van der Waals surface area contributed by atoms with Gasteiger partial charge in [-0.3, -0.25) is 4.90 Å². The van der Waals surface area contributed by atoms with Gasteiger partial charge in [0.1, 0.15) is 0 Å². The smallest absolute Gasteiger partial charge is 0.317 e. The number of thiazole rings is 1. The van der Waals surface area contributed by atoms with Gasteiger partial charge in [0.25, 0.3) is 0 Å². The molecule has 1 saturated heterocycles. The van der Waals surface area contributed by atoms with Gasteiger partial charge in [-0.05, 0) is 46.7 Å². The Bertz CT molecular complexity index is 494. The molecule has 0 atom stereocenters. The summed E-state index contributed by atoms with van der Waals surface area (Å²) in [5.41, 5.74) is 0.962. The Hall–Kier alpha value is -1.14. The van der Waals surface area contributed by atoms with Gasteiger partial charge in [0, 0.05) is 24.5 Å². The second kappa shape index (κ2) is 7.42. The fourth-order valence-electron chi connectivity index (χ4n) is 2.83. The Labute approximate surface area is 137 Å². The average Bonchev–Trinajstić information content (AvgIpc) is 2.91. The van der Waals surface area contributed by atoms with Crippen LogP contribution in [0.4, 0.5) is 4.79 Å². The second-order valence-corrected chi connectivity index (χ2v) is 7.79. The molecule has 0 bridgehead atoms. The first-order valence-corrected chi connectivity index (χ1v) is 8.91. The first-order chi connectivity index (χ1) is 10.4. The van der Waals surface area contributed by atoms with Crippen molar-refractivity contribution < 1.29 is 4.79 Å². The average molecular weight is 324 g/mol. The van der Waals surface area contributed by atoms with Gasteiger partial charge in [-0.1, -0.05) is 6.42 Å². The predicted octanol–water partition coefficient (Wildman–Crippen LogP) is 2.86. The number of likely N-dealkylation sites (tertiary alicyclic amines) is 1. The summed E-state index contributed by atoms with van der Waals surface area (Å²) in [5.74, 6) is 0. The first kappa shape index (κ1) is 17.2. The van der Waals surface area contributed by atoms with Gasteiger partial charge in [-0.25, -0.2) is 9.78 Å². The molecule has 1 aliphatic heterocycles. The Morgan fingerprint density at radius 1 is 1.41 bits per heavy atom. The van der Waals surface area contributed by atoms with Gasteiger partial charge in [-0.2, -0.15) is 0 Å². The summed E-state index contributed by atoms with van der Waals surface area (Å²) in [5, 5.41) is 6.12. The van der Waals surface area contributed by atoms with Crippen molar-refractivity contribution in [2.24, 2.45) is 0 Å². The van der Waals surface area contributed by atoms with Gasteiger partial charge in [0.2, 0.25) is 0 Å². The third-order valence-corrected chi connectivity index (χ3v) is 5.12. The molecule has 6 heteroatoms. The molecule has 0 unspecified atom stereocenters. The van der Waals surface area contributed by atoms with Crippen LogP contribution >= 0.6 is 11.3 Å². The fourth-order valence-corrected chi connectivity index (χ4v) is 3.44. The molecular weight excluding hydrogens is 296 g/mol. The summed E-state index contributed by atoms with van der Waals surface area (Å²) in [6.45, 7) is 9.90. The van der Waals surface area contributed by atoms with E-state index in [2.05, 4.69) is 29.0 Å². The predicted molar refractivity (Wildman–Crippen MR) is 91.2 cm³/mol. The lowest BCUT2D eigenvalue weighted by molar-refractivity contribution is 0.0942. The molecule has 1 aromatic rings. The molecule has 124 valence electrons. The number of carbonyl (C=O) groups is 1. The monoisotopic (exact) mass is 324 g/mol. The van der Waals surface area contributed by atoms with E-state index >= 15 is 0 Å². The zero-order valence-corrected chi connectivity index (χ0v) is 15.0. The van der Waals surface area contributed by atoms with Gasteiger partial charge < -0.3 is 10.2 Å². The normalized spacial score (nSPS) is 16.5. The number of aryl methyl sites for hydroxylation is 1. The molecule has 2 rings (SSSR count). The lowest BCUT2D eigenvalue weighted by Gasteiger charge is -2.41. The third-order valence-electron chi connectivity index (χ3n) is 4.30. The number of hydrogen-bond donors (Lipinski definition) is 1. The van der Waals surface area contributed by atoms with E-state index in [9.17, 15) is 4.79 Å². The van der Waals surface area contributed by atoms with Crippen molar-refractivity contribution in [3.63, 3.8) is 0 Å².